The first-order chi connectivity index (χ1) is 14.4. The van der Waals surface area contributed by atoms with E-state index in [1.54, 1.807) is 43.1 Å². The molecule has 1 saturated heterocycles. The fourth-order valence-electron chi connectivity index (χ4n) is 3.46. The molecule has 1 fully saturated rings. The number of para-hydroxylation sites is 1. The molecule has 1 aliphatic heterocycles. The van der Waals surface area contributed by atoms with Crippen molar-refractivity contribution in [2.24, 2.45) is 0 Å². The zero-order valence-corrected chi connectivity index (χ0v) is 18.5. The number of ether oxygens (including phenoxy) is 1. The van der Waals surface area contributed by atoms with Crippen LogP contribution in [0.15, 0.2) is 53.0 Å². The van der Waals surface area contributed by atoms with Crippen molar-refractivity contribution in [3.63, 3.8) is 0 Å². The van der Waals surface area contributed by atoms with Crippen LogP contribution in [0.2, 0.25) is 0 Å². The summed E-state index contributed by atoms with van der Waals surface area (Å²) in [7, 11) is 1.74. The van der Waals surface area contributed by atoms with E-state index in [-0.39, 0.29) is 24.9 Å². The van der Waals surface area contributed by atoms with Crippen LogP contribution in [-0.4, -0.2) is 66.7 Å². The molecule has 7 nitrogen and oxygen atoms in total. The molecule has 0 radical (unpaired) electrons. The predicted molar refractivity (Wildman–Crippen MR) is 118 cm³/mol. The highest BCUT2D eigenvalue weighted by atomic mass is 79.9. The Kier molecular flexibility index (Phi) is 7.10. The number of rotatable bonds is 6. The van der Waals surface area contributed by atoms with Crippen molar-refractivity contribution in [1.29, 1.82) is 0 Å². The van der Waals surface area contributed by atoms with Gasteiger partial charge in [-0.3, -0.25) is 9.59 Å². The van der Waals surface area contributed by atoms with Gasteiger partial charge in [0.25, 0.3) is 11.8 Å². The molecule has 1 heterocycles. The molecule has 8 heteroatoms. The molecule has 2 aromatic rings. The fraction of sp³-hybridized carbons (Fsp3) is 0.318. The minimum absolute atomic E-state index is 0.138. The lowest BCUT2D eigenvalue weighted by atomic mass is 10.1. The van der Waals surface area contributed by atoms with Gasteiger partial charge in [0.05, 0.1) is 5.56 Å². The maximum Gasteiger partial charge on any atom is 0.263 e. The van der Waals surface area contributed by atoms with E-state index in [4.69, 9.17) is 4.74 Å². The molecule has 1 N–H and O–H groups in total. The second kappa shape index (κ2) is 9.75. The molecule has 30 heavy (non-hydrogen) atoms. The van der Waals surface area contributed by atoms with Crippen LogP contribution in [0.3, 0.4) is 0 Å². The Labute approximate surface area is 184 Å². The molecule has 2 aromatic carbocycles. The van der Waals surface area contributed by atoms with Crippen LogP contribution in [0.4, 0.5) is 5.69 Å². The topological polar surface area (TPSA) is 79.0 Å². The average molecular weight is 474 g/mol. The molecule has 0 spiro atoms. The Morgan fingerprint density at radius 1 is 1.20 bits per heavy atom. The highest BCUT2D eigenvalue weighted by Crippen LogP contribution is 2.24. The summed E-state index contributed by atoms with van der Waals surface area (Å²) in [6.45, 7) is 2.42. The lowest BCUT2D eigenvalue weighted by molar-refractivity contribution is -0.141. The van der Waals surface area contributed by atoms with Gasteiger partial charge in [-0.25, -0.2) is 0 Å². The van der Waals surface area contributed by atoms with Crippen molar-refractivity contribution in [3.05, 3.63) is 58.6 Å². The van der Waals surface area contributed by atoms with E-state index in [1.165, 1.54) is 4.90 Å². The number of hydrogen-bond donors (Lipinski definition) is 1. The molecule has 0 saturated carbocycles. The van der Waals surface area contributed by atoms with E-state index < -0.39 is 12.1 Å². The lowest BCUT2D eigenvalue weighted by Gasteiger charge is -2.40. The summed E-state index contributed by atoms with van der Waals surface area (Å²) in [6, 6.07) is 13.8. The lowest BCUT2D eigenvalue weighted by Crippen LogP contribution is -2.58. The quantitative estimate of drug-likeness (QED) is 0.652. The predicted octanol–water partition coefficient (Wildman–Crippen LogP) is 2.81. The summed E-state index contributed by atoms with van der Waals surface area (Å²) in [6.07, 6.45) is 0.0276. The van der Waals surface area contributed by atoms with E-state index in [2.05, 4.69) is 21.2 Å². The number of anilines is 1. The number of benzene rings is 2. The Bertz CT molecular complexity index is 922. The number of amides is 2. The minimum atomic E-state index is -0.720. The first-order valence-corrected chi connectivity index (χ1v) is 10.5. The number of piperazine rings is 1. The number of aldehydes is 1. The smallest absolute Gasteiger partial charge is 0.263 e. The molecule has 2 atom stereocenters. The van der Waals surface area contributed by atoms with E-state index in [0.29, 0.717) is 23.5 Å². The van der Waals surface area contributed by atoms with Gasteiger partial charge in [-0.2, -0.15) is 0 Å². The molecule has 2 amide bonds. The van der Waals surface area contributed by atoms with Crippen molar-refractivity contribution in [3.8, 4) is 5.75 Å². The van der Waals surface area contributed by atoms with Crippen molar-refractivity contribution in [1.82, 2.24) is 9.80 Å². The zero-order valence-electron chi connectivity index (χ0n) is 16.9. The maximum absolute atomic E-state index is 13.1. The van der Waals surface area contributed by atoms with Gasteiger partial charge in [0, 0.05) is 36.8 Å². The molecule has 2 unspecified atom stereocenters. The second-order valence-corrected chi connectivity index (χ2v) is 7.91. The fourth-order valence-corrected chi connectivity index (χ4v) is 3.82. The van der Waals surface area contributed by atoms with Crippen LogP contribution in [0.5, 0.6) is 5.75 Å². The van der Waals surface area contributed by atoms with Crippen LogP contribution in [0.25, 0.3) is 0 Å². The molecule has 0 aromatic heterocycles. The largest absolute Gasteiger partial charge is 0.481 e. The van der Waals surface area contributed by atoms with Gasteiger partial charge in [0.15, 0.2) is 6.10 Å². The third kappa shape index (κ3) is 4.81. The monoisotopic (exact) mass is 473 g/mol. The number of hydrogen-bond acceptors (Lipinski definition) is 5. The molecule has 158 valence electrons. The molecule has 0 aliphatic carbocycles. The number of carbonyl (C=O) groups excluding carboxylic acids is 3. The molecular weight excluding hydrogens is 450 g/mol. The Balaban J connectivity index is 1.70. The van der Waals surface area contributed by atoms with E-state index in [1.807, 2.05) is 24.3 Å². The van der Waals surface area contributed by atoms with Gasteiger partial charge in [-0.05, 0) is 37.3 Å². The number of nitrogens with one attached hydrogen (secondary N) is 1. The Morgan fingerprint density at radius 2 is 1.93 bits per heavy atom. The average Bonchev–Trinajstić information content (AvgIpc) is 2.78. The third-order valence-electron chi connectivity index (χ3n) is 5.03. The first-order valence-electron chi connectivity index (χ1n) is 9.68. The second-order valence-electron chi connectivity index (χ2n) is 7.00. The summed E-state index contributed by atoms with van der Waals surface area (Å²) in [5, 5.41) is 3.00. The van der Waals surface area contributed by atoms with Crippen molar-refractivity contribution < 1.29 is 19.1 Å². The summed E-state index contributed by atoms with van der Waals surface area (Å²) >= 11 is 3.39. The van der Waals surface area contributed by atoms with Crippen molar-refractivity contribution in [2.75, 3.05) is 32.0 Å². The van der Waals surface area contributed by atoms with E-state index in [0.717, 1.165) is 10.8 Å². The SMILES string of the molecule is CNc1ccc(Br)cc1C(=O)N1CCN(C(=O)C(C)Oc2ccccc2)CC1C=O. The number of carbonyl (C=O) groups is 3. The van der Waals surface area contributed by atoms with Crippen LogP contribution < -0.4 is 10.1 Å². The highest BCUT2D eigenvalue weighted by molar-refractivity contribution is 9.10. The van der Waals surface area contributed by atoms with Gasteiger partial charge in [0.1, 0.15) is 18.1 Å². The normalized spacial score (nSPS) is 17.2. The summed E-state index contributed by atoms with van der Waals surface area (Å²) in [5.74, 6) is 0.142. The van der Waals surface area contributed by atoms with Crippen LogP contribution in [-0.2, 0) is 9.59 Å². The van der Waals surface area contributed by atoms with E-state index in [9.17, 15) is 14.4 Å². The molecule has 0 bridgehead atoms. The standard InChI is InChI=1S/C22H24BrN3O4/c1-15(30-18-6-4-3-5-7-18)21(28)25-10-11-26(17(13-25)14-27)22(29)19-12-16(23)8-9-20(19)24-2/h3-9,12,14-15,17,24H,10-11,13H2,1-2H3. The number of nitrogens with zero attached hydrogens (tertiary/aromatic N) is 2. The van der Waals surface area contributed by atoms with Crippen molar-refractivity contribution >= 4 is 39.7 Å². The van der Waals surface area contributed by atoms with Crippen LogP contribution in [0.1, 0.15) is 17.3 Å². The van der Waals surface area contributed by atoms with Crippen LogP contribution in [0, 0.1) is 0 Å². The minimum Gasteiger partial charge on any atom is -0.481 e. The van der Waals surface area contributed by atoms with Gasteiger partial charge in [-0.15, -0.1) is 0 Å². The van der Waals surface area contributed by atoms with Crippen LogP contribution >= 0.6 is 15.9 Å². The summed E-state index contributed by atoms with van der Waals surface area (Å²) < 4.78 is 6.48. The number of halogens is 1. The zero-order chi connectivity index (χ0) is 21.7. The first kappa shape index (κ1) is 21.8. The summed E-state index contributed by atoms with van der Waals surface area (Å²) in [4.78, 5) is 40.8. The highest BCUT2D eigenvalue weighted by Gasteiger charge is 2.35. The van der Waals surface area contributed by atoms with Gasteiger partial charge < -0.3 is 24.6 Å². The van der Waals surface area contributed by atoms with Gasteiger partial charge >= 0.3 is 0 Å². The molecule has 3 rings (SSSR count). The summed E-state index contributed by atoms with van der Waals surface area (Å²) in [5.41, 5.74) is 1.15. The van der Waals surface area contributed by atoms with Crippen molar-refractivity contribution in [2.45, 2.75) is 19.1 Å². The third-order valence-corrected chi connectivity index (χ3v) is 5.53. The Morgan fingerprint density at radius 3 is 2.60 bits per heavy atom. The van der Waals surface area contributed by atoms with Gasteiger partial charge in [0.2, 0.25) is 0 Å². The van der Waals surface area contributed by atoms with E-state index >= 15 is 0 Å². The molecular formula is C22H24BrN3O4. The Hall–Kier alpha value is -2.87. The van der Waals surface area contributed by atoms with Gasteiger partial charge in [-0.1, -0.05) is 34.1 Å². The molecule has 1 aliphatic rings. The maximum atomic E-state index is 13.1.